The molecule has 0 aliphatic carbocycles. The second kappa shape index (κ2) is 13.5. The number of carbonyl (C=O) groups is 1. The van der Waals surface area contributed by atoms with Crippen LogP contribution in [-0.2, 0) is 26.8 Å². The van der Waals surface area contributed by atoms with Crippen molar-refractivity contribution in [2.75, 3.05) is 39.8 Å². The maximum Gasteiger partial charge on any atom is 0.410 e. The van der Waals surface area contributed by atoms with Crippen molar-refractivity contribution in [1.29, 1.82) is 0 Å². The summed E-state index contributed by atoms with van der Waals surface area (Å²) in [5, 5.41) is 10.9. The number of sulfonamides is 1. The molecule has 11 heteroatoms. The Morgan fingerprint density at radius 1 is 1.00 bits per heavy atom. The molecule has 234 valence electrons. The summed E-state index contributed by atoms with van der Waals surface area (Å²) in [6.45, 7) is 5.75. The quantitative estimate of drug-likeness (QED) is 0.211. The van der Waals surface area contributed by atoms with Crippen LogP contribution in [0.25, 0.3) is 0 Å². The lowest BCUT2D eigenvalue weighted by atomic mass is 9.79. The minimum atomic E-state index is -3.63. The highest BCUT2D eigenvalue weighted by Gasteiger charge is 2.42. The average molecular weight is 621 g/mol. The molecular weight excluding hydrogens is 580 g/mol. The highest BCUT2D eigenvalue weighted by atomic mass is 32.2. The Balaban J connectivity index is 1.18. The van der Waals surface area contributed by atoms with Gasteiger partial charge in [-0.05, 0) is 67.1 Å². The Hall–Kier alpha value is -3.80. The number of rotatable bonds is 11. The van der Waals surface area contributed by atoms with Crippen molar-refractivity contribution < 1.29 is 22.9 Å². The van der Waals surface area contributed by atoms with Crippen molar-refractivity contribution in [2.24, 2.45) is 5.92 Å². The molecule has 10 nitrogen and oxygen atoms in total. The molecule has 0 radical (unpaired) electrons. The lowest BCUT2D eigenvalue weighted by Crippen LogP contribution is -2.49. The number of ether oxygens (including phenoxy) is 1. The summed E-state index contributed by atoms with van der Waals surface area (Å²) in [5.41, 5.74) is 1.41. The predicted molar refractivity (Wildman–Crippen MR) is 168 cm³/mol. The number of hydrogen-bond acceptors (Lipinski definition) is 7. The number of piperidine rings is 1. The van der Waals surface area contributed by atoms with Gasteiger partial charge in [0.1, 0.15) is 6.61 Å². The van der Waals surface area contributed by atoms with Crippen LogP contribution in [0.3, 0.4) is 0 Å². The van der Waals surface area contributed by atoms with E-state index in [2.05, 4.69) is 24.0 Å². The summed E-state index contributed by atoms with van der Waals surface area (Å²) in [6.07, 6.45) is 2.19. The summed E-state index contributed by atoms with van der Waals surface area (Å²) in [7, 11) is -1.98. The third-order valence-electron chi connectivity index (χ3n) is 9.14. The number of amides is 1. The van der Waals surface area contributed by atoms with E-state index in [9.17, 15) is 23.3 Å². The molecule has 2 fully saturated rings. The van der Waals surface area contributed by atoms with Gasteiger partial charge in [0.2, 0.25) is 10.0 Å². The van der Waals surface area contributed by atoms with E-state index in [-0.39, 0.29) is 29.3 Å². The van der Waals surface area contributed by atoms with Crippen molar-refractivity contribution in [1.82, 2.24) is 14.1 Å². The monoisotopic (exact) mass is 620 g/mol. The van der Waals surface area contributed by atoms with E-state index in [1.54, 1.807) is 43.4 Å². The van der Waals surface area contributed by atoms with Crippen molar-refractivity contribution in [3.05, 3.63) is 106 Å². The fraction of sp³-hybridized carbons (Fsp3) is 0.424. The van der Waals surface area contributed by atoms with Gasteiger partial charge in [-0.1, -0.05) is 55.5 Å². The first-order valence-corrected chi connectivity index (χ1v) is 16.5. The van der Waals surface area contributed by atoms with Gasteiger partial charge < -0.3 is 14.5 Å². The van der Waals surface area contributed by atoms with Gasteiger partial charge in [0.15, 0.2) is 0 Å². The number of nitro groups is 1. The Bertz CT molecular complexity index is 1540. The first kappa shape index (κ1) is 31.6. The Kier molecular flexibility index (Phi) is 9.67. The molecule has 2 unspecified atom stereocenters. The highest BCUT2D eigenvalue weighted by molar-refractivity contribution is 7.89. The van der Waals surface area contributed by atoms with Crippen LogP contribution < -0.4 is 0 Å². The molecule has 3 atom stereocenters. The number of nitrogens with zero attached hydrogens (tertiary/aromatic N) is 4. The van der Waals surface area contributed by atoms with Gasteiger partial charge in [-0.3, -0.25) is 10.1 Å². The van der Waals surface area contributed by atoms with Crippen LogP contribution in [-0.4, -0.2) is 79.4 Å². The number of fused-ring (bicyclic) bond motifs is 1. The molecule has 5 rings (SSSR count). The molecule has 3 aromatic rings. The Labute approximate surface area is 259 Å². The van der Waals surface area contributed by atoms with Crippen LogP contribution in [0, 0.1) is 16.0 Å². The summed E-state index contributed by atoms with van der Waals surface area (Å²) in [5.74, 6) is 0.347. The SMILES string of the molecule is CN(C[C@](C)(CCN1CCC2C(CCN2C(=O)OCc2ccc([N+](=O)[O-])cc2)C1)c1ccccc1)S(=O)(=O)c1ccccc1. The zero-order valence-electron chi connectivity index (χ0n) is 25.2. The van der Waals surface area contributed by atoms with Gasteiger partial charge in [-0.25, -0.2) is 17.5 Å². The molecule has 2 saturated heterocycles. The minimum absolute atomic E-state index is 0.00235. The van der Waals surface area contributed by atoms with E-state index < -0.39 is 20.4 Å². The van der Waals surface area contributed by atoms with Gasteiger partial charge >= 0.3 is 6.09 Å². The number of nitro benzene ring substituents is 1. The van der Waals surface area contributed by atoms with Gasteiger partial charge in [0.25, 0.3) is 5.69 Å². The first-order valence-electron chi connectivity index (χ1n) is 15.0. The number of hydrogen-bond donors (Lipinski definition) is 0. The number of likely N-dealkylation sites (tertiary alicyclic amines) is 2. The van der Waals surface area contributed by atoms with E-state index in [0.717, 1.165) is 44.5 Å². The molecule has 2 aliphatic heterocycles. The molecule has 0 saturated carbocycles. The van der Waals surface area contributed by atoms with E-state index in [1.165, 1.54) is 16.4 Å². The molecule has 0 aromatic heterocycles. The average Bonchev–Trinajstić information content (AvgIpc) is 3.47. The van der Waals surface area contributed by atoms with E-state index >= 15 is 0 Å². The van der Waals surface area contributed by atoms with E-state index in [0.29, 0.717) is 24.6 Å². The molecule has 0 bridgehead atoms. The summed E-state index contributed by atoms with van der Waals surface area (Å²) in [6, 6.07) is 24.8. The van der Waals surface area contributed by atoms with Crippen LogP contribution in [0.2, 0.25) is 0 Å². The lowest BCUT2D eigenvalue weighted by Gasteiger charge is -2.40. The first-order chi connectivity index (χ1) is 21.1. The number of benzene rings is 3. The van der Waals surface area contributed by atoms with Crippen molar-refractivity contribution in [3.63, 3.8) is 0 Å². The standard InChI is InChI=1S/C33H40N4O6S/c1-33(28-9-5-3-6-10-28,25-34(2)44(41,42)30-11-7-4-8-12-30)19-22-35-20-18-31-27(23-35)17-21-36(31)32(38)43-24-26-13-15-29(16-14-26)37(39)40/h3-16,27,31H,17-25H2,1-2H3/t27?,31?,33-/m0/s1. The van der Waals surface area contributed by atoms with Gasteiger partial charge in [-0.2, -0.15) is 0 Å². The molecule has 2 aliphatic rings. The molecule has 0 N–H and O–H groups in total. The van der Waals surface area contributed by atoms with Crippen LogP contribution in [0.5, 0.6) is 0 Å². The summed E-state index contributed by atoms with van der Waals surface area (Å²) >= 11 is 0. The minimum Gasteiger partial charge on any atom is -0.445 e. The van der Waals surface area contributed by atoms with E-state index in [4.69, 9.17) is 4.74 Å². The normalized spacial score (nSPS) is 20.2. The zero-order valence-corrected chi connectivity index (χ0v) is 26.1. The molecule has 2 heterocycles. The second-order valence-corrected chi connectivity index (χ2v) is 14.2. The lowest BCUT2D eigenvalue weighted by molar-refractivity contribution is -0.384. The Morgan fingerprint density at radius 3 is 2.32 bits per heavy atom. The maximum absolute atomic E-state index is 13.4. The smallest absolute Gasteiger partial charge is 0.410 e. The number of likely N-dealkylation sites (N-methyl/N-ethyl adjacent to an activating group) is 1. The van der Waals surface area contributed by atoms with Gasteiger partial charge in [-0.15, -0.1) is 0 Å². The molecule has 3 aromatic carbocycles. The molecule has 0 spiro atoms. The second-order valence-electron chi connectivity index (χ2n) is 12.1. The van der Waals surface area contributed by atoms with Crippen LogP contribution in [0.4, 0.5) is 10.5 Å². The maximum atomic E-state index is 13.4. The van der Waals surface area contributed by atoms with Crippen molar-refractivity contribution in [3.8, 4) is 0 Å². The highest BCUT2D eigenvalue weighted by Crippen LogP contribution is 2.35. The van der Waals surface area contributed by atoms with Crippen LogP contribution in [0.1, 0.15) is 37.3 Å². The molecular formula is C33H40N4O6S. The van der Waals surface area contributed by atoms with Gasteiger partial charge in [0.05, 0.1) is 9.82 Å². The van der Waals surface area contributed by atoms with Crippen LogP contribution in [0.15, 0.2) is 89.8 Å². The summed E-state index contributed by atoms with van der Waals surface area (Å²) in [4.78, 5) is 28.0. The van der Waals surface area contributed by atoms with E-state index in [1.807, 2.05) is 29.2 Å². The third-order valence-corrected chi connectivity index (χ3v) is 11.0. The predicted octanol–water partition coefficient (Wildman–Crippen LogP) is 5.30. The zero-order chi connectivity index (χ0) is 31.3. The number of carbonyl (C=O) groups excluding carboxylic acids is 1. The third kappa shape index (κ3) is 7.11. The van der Waals surface area contributed by atoms with Crippen molar-refractivity contribution in [2.45, 2.75) is 49.1 Å². The largest absolute Gasteiger partial charge is 0.445 e. The number of non-ortho nitro benzene ring substituents is 1. The Morgan fingerprint density at radius 2 is 1.66 bits per heavy atom. The topological polar surface area (TPSA) is 113 Å². The van der Waals surface area contributed by atoms with Gasteiger partial charge in [0, 0.05) is 56.8 Å². The molecule has 1 amide bonds. The van der Waals surface area contributed by atoms with Crippen LogP contribution >= 0.6 is 0 Å². The fourth-order valence-electron chi connectivity index (χ4n) is 6.54. The molecule has 44 heavy (non-hydrogen) atoms. The van der Waals surface area contributed by atoms with Crippen molar-refractivity contribution >= 4 is 21.8 Å². The fourth-order valence-corrected chi connectivity index (χ4v) is 7.86. The summed E-state index contributed by atoms with van der Waals surface area (Å²) < 4.78 is 33.8.